The SMILES string of the molecule is C#CC1(O)[C@@H](OC)[C@@H](COP(=O)(N[C@@H](C)C(=O)OC(C)C)Oc2ccccc2)O[C@H]1n1ccc2c(=O)[nH]c(N)nc21. The number of hydrogen-bond donors (Lipinski definition) is 4. The molecule has 1 aliphatic heterocycles. The molecule has 0 saturated carbocycles. The number of fused-ring (bicyclic) bond motifs is 1. The molecular formula is C26H32N5O9P. The number of aliphatic hydroxyl groups is 1. The minimum atomic E-state index is -4.27. The number of ether oxygens (including phenoxy) is 3. The van der Waals surface area contributed by atoms with Crippen LogP contribution in [0.4, 0.5) is 5.95 Å². The van der Waals surface area contributed by atoms with Crippen molar-refractivity contribution in [1.29, 1.82) is 0 Å². The number of carbonyl (C=O) groups is 1. The molecule has 5 N–H and O–H groups in total. The summed E-state index contributed by atoms with van der Waals surface area (Å²) in [5, 5.41) is 14.3. The van der Waals surface area contributed by atoms with Crippen molar-refractivity contribution in [2.75, 3.05) is 19.5 Å². The number of terminal acetylenes is 1. The van der Waals surface area contributed by atoms with Crippen LogP contribution >= 0.6 is 7.75 Å². The molecule has 2 aromatic heterocycles. The summed E-state index contributed by atoms with van der Waals surface area (Å²) in [6.07, 6.45) is 3.21. The highest BCUT2D eigenvalue weighted by Gasteiger charge is 2.57. The van der Waals surface area contributed by atoms with E-state index < -0.39 is 62.1 Å². The Morgan fingerprint density at radius 2 is 2.05 bits per heavy atom. The lowest BCUT2D eigenvalue weighted by Gasteiger charge is -2.29. The van der Waals surface area contributed by atoms with Crippen molar-refractivity contribution in [2.24, 2.45) is 0 Å². The van der Waals surface area contributed by atoms with Gasteiger partial charge in [-0.05, 0) is 39.0 Å². The number of hydrogen-bond acceptors (Lipinski definition) is 11. The third-order valence-electron chi connectivity index (χ3n) is 6.22. The van der Waals surface area contributed by atoms with Crippen LogP contribution in [-0.2, 0) is 28.1 Å². The van der Waals surface area contributed by atoms with E-state index in [1.807, 2.05) is 0 Å². The third kappa shape index (κ3) is 6.31. The van der Waals surface area contributed by atoms with Gasteiger partial charge in [0, 0.05) is 13.3 Å². The Kier molecular flexibility index (Phi) is 8.89. The molecule has 2 unspecified atom stereocenters. The first-order valence-electron chi connectivity index (χ1n) is 12.6. The predicted octanol–water partition coefficient (Wildman–Crippen LogP) is 1.72. The number of nitrogen functional groups attached to an aromatic ring is 1. The van der Waals surface area contributed by atoms with Crippen molar-refractivity contribution < 1.29 is 37.7 Å². The fourth-order valence-electron chi connectivity index (χ4n) is 4.41. The summed E-state index contributed by atoms with van der Waals surface area (Å²) in [4.78, 5) is 31.3. The number of nitrogens with zero attached hydrogens (tertiary/aromatic N) is 2. The van der Waals surface area contributed by atoms with Crippen LogP contribution in [0.3, 0.4) is 0 Å². The van der Waals surface area contributed by atoms with E-state index in [0.29, 0.717) is 0 Å². The van der Waals surface area contributed by atoms with E-state index in [2.05, 4.69) is 21.0 Å². The van der Waals surface area contributed by atoms with Crippen LogP contribution in [0.1, 0.15) is 27.0 Å². The number of anilines is 1. The molecule has 41 heavy (non-hydrogen) atoms. The smallest absolute Gasteiger partial charge is 0.459 e. The summed E-state index contributed by atoms with van der Waals surface area (Å²) < 4.78 is 43.4. The Hall–Kier alpha value is -3.70. The van der Waals surface area contributed by atoms with Crippen molar-refractivity contribution in [2.45, 2.75) is 57.0 Å². The molecule has 0 radical (unpaired) electrons. The molecule has 14 nitrogen and oxygen atoms in total. The molecule has 0 bridgehead atoms. The van der Waals surface area contributed by atoms with Crippen molar-refractivity contribution in [3.63, 3.8) is 0 Å². The second kappa shape index (κ2) is 12.0. The van der Waals surface area contributed by atoms with E-state index in [1.165, 1.54) is 30.9 Å². The number of aromatic amines is 1. The van der Waals surface area contributed by atoms with Crippen LogP contribution in [0.2, 0.25) is 0 Å². The van der Waals surface area contributed by atoms with E-state index in [0.717, 1.165) is 0 Å². The normalized spacial score (nSPS) is 24.6. The zero-order valence-corrected chi connectivity index (χ0v) is 23.7. The highest BCUT2D eigenvalue weighted by molar-refractivity contribution is 7.52. The van der Waals surface area contributed by atoms with E-state index in [9.17, 15) is 19.3 Å². The molecular weight excluding hydrogens is 557 g/mol. The van der Waals surface area contributed by atoms with Crippen molar-refractivity contribution >= 4 is 30.7 Å². The number of rotatable bonds is 11. The van der Waals surface area contributed by atoms with Crippen LogP contribution in [-0.4, -0.2) is 69.3 Å². The number of nitrogens with one attached hydrogen (secondary N) is 2. The van der Waals surface area contributed by atoms with Gasteiger partial charge >= 0.3 is 13.7 Å². The number of methoxy groups -OCH3 is 1. The molecule has 220 valence electrons. The average molecular weight is 590 g/mol. The number of H-pyrrole nitrogens is 1. The van der Waals surface area contributed by atoms with Crippen LogP contribution in [0.25, 0.3) is 11.0 Å². The first-order valence-corrected chi connectivity index (χ1v) is 14.2. The van der Waals surface area contributed by atoms with Gasteiger partial charge in [0.05, 0.1) is 18.1 Å². The van der Waals surface area contributed by atoms with Gasteiger partial charge in [-0.3, -0.25) is 19.1 Å². The van der Waals surface area contributed by atoms with Crippen molar-refractivity contribution in [3.05, 3.63) is 52.9 Å². The second-order valence-corrected chi connectivity index (χ2v) is 11.3. The van der Waals surface area contributed by atoms with E-state index in [1.54, 1.807) is 44.2 Å². The lowest BCUT2D eigenvalue weighted by Crippen LogP contribution is -2.47. The van der Waals surface area contributed by atoms with E-state index >= 15 is 0 Å². The largest absolute Gasteiger partial charge is 0.462 e. The number of esters is 1. The number of aromatic nitrogens is 3. The molecule has 6 atom stereocenters. The molecule has 0 aliphatic carbocycles. The molecule has 4 rings (SSSR count). The summed E-state index contributed by atoms with van der Waals surface area (Å²) in [6, 6.07) is 8.59. The van der Waals surface area contributed by atoms with Crippen LogP contribution in [0, 0.1) is 12.3 Å². The topological polar surface area (TPSA) is 189 Å². The van der Waals surface area contributed by atoms with Crippen LogP contribution < -0.4 is 20.9 Å². The van der Waals surface area contributed by atoms with Crippen molar-refractivity contribution in [3.8, 4) is 18.1 Å². The maximum absolute atomic E-state index is 13.9. The Labute approximate surface area is 235 Å². The monoisotopic (exact) mass is 589 g/mol. The van der Waals surface area contributed by atoms with Crippen LogP contribution in [0.15, 0.2) is 47.4 Å². The number of para-hydroxylation sites is 1. The molecule has 1 aliphatic rings. The van der Waals surface area contributed by atoms with E-state index in [-0.39, 0.29) is 22.7 Å². The van der Waals surface area contributed by atoms with Gasteiger partial charge < -0.3 is 34.1 Å². The molecule has 1 aromatic carbocycles. The highest BCUT2D eigenvalue weighted by Crippen LogP contribution is 2.47. The second-order valence-electron chi connectivity index (χ2n) is 9.60. The standard InChI is InChI=1S/C26H32N5O9P/c1-6-26(34)20(36-5)19(39-24(26)31-13-12-18-21(31)28-25(27)29-22(18)32)14-37-41(35,40-17-10-8-7-9-11-17)30-16(4)23(33)38-15(2)3/h1,7-13,15-16,19-20,24,34H,14H2,2-5H3,(H,30,35)(H3,27,28,29,32)/t16-,19+,20-,24+,26?,41?/m0/s1. The molecule has 1 fully saturated rings. The fraction of sp³-hybridized carbons (Fsp3) is 0.423. The van der Waals surface area contributed by atoms with E-state index in [4.69, 9.17) is 35.4 Å². The summed E-state index contributed by atoms with van der Waals surface area (Å²) in [5.41, 5.74) is 3.26. The minimum absolute atomic E-state index is 0.110. The predicted molar refractivity (Wildman–Crippen MR) is 148 cm³/mol. The summed E-state index contributed by atoms with van der Waals surface area (Å²) >= 11 is 0. The van der Waals surface area contributed by atoms with Gasteiger partial charge in [-0.1, -0.05) is 24.1 Å². The van der Waals surface area contributed by atoms with Gasteiger partial charge in [-0.25, -0.2) is 4.57 Å². The van der Waals surface area contributed by atoms with Gasteiger partial charge in [-0.2, -0.15) is 10.1 Å². The molecule has 15 heteroatoms. The molecule has 3 heterocycles. The fourth-order valence-corrected chi connectivity index (χ4v) is 5.91. The Bertz CT molecular complexity index is 1540. The van der Waals surface area contributed by atoms with Crippen molar-refractivity contribution in [1.82, 2.24) is 19.6 Å². The average Bonchev–Trinajstić information content (AvgIpc) is 3.45. The Morgan fingerprint density at radius 1 is 1.34 bits per heavy atom. The van der Waals surface area contributed by atoms with Gasteiger partial charge in [0.25, 0.3) is 5.56 Å². The van der Waals surface area contributed by atoms with Gasteiger partial charge in [0.2, 0.25) is 5.95 Å². The molecule has 1 saturated heterocycles. The summed E-state index contributed by atoms with van der Waals surface area (Å²) in [6.45, 7) is 4.35. The summed E-state index contributed by atoms with van der Waals surface area (Å²) in [7, 11) is -2.96. The van der Waals surface area contributed by atoms with Gasteiger partial charge in [0.1, 0.15) is 24.0 Å². The highest BCUT2D eigenvalue weighted by atomic mass is 31.2. The van der Waals surface area contributed by atoms with Gasteiger partial charge in [-0.15, -0.1) is 6.42 Å². The third-order valence-corrected chi connectivity index (χ3v) is 7.87. The molecule has 0 amide bonds. The minimum Gasteiger partial charge on any atom is -0.462 e. The summed E-state index contributed by atoms with van der Waals surface area (Å²) in [5.74, 6) is 1.69. The molecule has 0 spiro atoms. The lowest BCUT2D eigenvalue weighted by atomic mass is 9.95. The zero-order chi connectivity index (χ0) is 29.9. The first kappa shape index (κ1) is 30.3. The van der Waals surface area contributed by atoms with Gasteiger partial charge in [0.15, 0.2) is 17.5 Å². The Balaban J connectivity index is 1.62. The Morgan fingerprint density at radius 3 is 2.68 bits per heavy atom. The number of benzene rings is 1. The first-order chi connectivity index (χ1) is 19.4. The zero-order valence-electron chi connectivity index (χ0n) is 22.8. The number of nitrogens with two attached hydrogens (primary N) is 1. The number of carbonyl (C=O) groups excluding carboxylic acids is 1. The molecule has 3 aromatic rings. The quantitative estimate of drug-likeness (QED) is 0.144. The maximum Gasteiger partial charge on any atom is 0.459 e. The van der Waals surface area contributed by atoms with Crippen LogP contribution in [0.5, 0.6) is 5.75 Å². The maximum atomic E-state index is 13.9. The lowest BCUT2D eigenvalue weighted by molar-refractivity contribution is -0.149.